The Kier molecular flexibility index (Phi) is 6.17. The molecule has 35 heavy (non-hydrogen) atoms. The van der Waals surface area contributed by atoms with E-state index in [2.05, 4.69) is 10.1 Å². The monoisotopic (exact) mass is 507 g/mol. The molecule has 1 unspecified atom stereocenters. The van der Waals surface area contributed by atoms with Crippen LogP contribution in [-0.4, -0.2) is 21.6 Å². The predicted octanol–water partition coefficient (Wildman–Crippen LogP) is 6.73. The molecule has 0 bridgehead atoms. The van der Waals surface area contributed by atoms with Crippen molar-refractivity contribution in [3.8, 4) is 11.1 Å². The van der Waals surface area contributed by atoms with Crippen molar-refractivity contribution in [2.45, 2.75) is 25.8 Å². The molecular weight excluding hydrogens is 488 g/mol. The fraction of sp³-hybridized carbons (Fsp3) is 0.148. The van der Waals surface area contributed by atoms with Crippen LogP contribution in [0.1, 0.15) is 36.9 Å². The van der Waals surface area contributed by atoms with Gasteiger partial charge in [0.05, 0.1) is 22.3 Å². The number of carbonyl (C=O) groups excluding carboxylic acids is 1. The van der Waals surface area contributed by atoms with E-state index in [1.807, 2.05) is 36.4 Å². The Morgan fingerprint density at radius 2 is 1.83 bits per heavy atom. The van der Waals surface area contributed by atoms with E-state index in [-0.39, 0.29) is 29.3 Å². The Bertz CT molecular complexity index is 1550. The molecule has 0 radical (unpaired) electrons. The third-order valence-corrected chi connectivity index (χ3v) is 6.68. The van der Waals surface area contributed by atoms with Gasteiger partial charge in [-0.25, -0.2) is 9.40 Å². The normalized spacial score (nSPS) is 15.5. The molecule has 1 atom stereocenters. The van der Waals surface area contributed by atoms with Gasteiger partial charge in [-0.1, -0.05) is 66.5 Å². The van der Waals surface area contributed by atoms with Crippen LogP contribution in [0.25, 0.3) is 22.0 Å². The first kappa shape index (κ1) is 23.3. The van der Waals surface area contributed by atoms with Gasteiger partial charge in [-0.3, -0.25) is 9.59 Å². The number of amides is 1. The van der Waals surface area contributed by atoms with Crippen LogP contribution in [0.5, 0.6) is 0 Å². The smallest absolute Gasteiger partial charge is 0.258 e. The Labute approximate surface area is 210 Å². The van der Waals surface area contributed by atoms with Crippen LogP contribution in [0.2, 0.25) is 10.0 Å². The molecule has 5 rings (SSSR count). The Morgan fingerprint density at radius 1 is 1.09 bits per heavy atom. The molecule has 1 N–H and O–H groups in total. The van der Waals surface area contributed by atoms with E-state index >= 15 is 0 Å². The van der Waals surface area contributed by atoms with Crippen LogP contribution in [0, 0.1) is 5.82 Å². The SMILES string of the molecule is CCC(=O)N1N=C(c2c(-c3ccc(Cl)cc3)c3ccccc3[nH]c2=O)CC1c1ccc(F)c(Cl)c1. The molecule has 0 fully saturated rings. The Morgan fingerprint density at radius 3 is 2.54 bits per heavy atom. The minimum absolute atomic E-state index is 0.0368. The highest BCUT2D eigenvalue weighted by Gasteiger charge is 2.35. The number of aromatic nitrogens is 1. The average Bonchev–Trinajstić information content (AvgIpc) is 3.30. The molecule has 0 saturated heterocycles. The minimum Gasteiger partial charge on any atom is -0.321 e. The molecule has 1 aliphatic heterocycles. The fourth-order valence-corrected chi connectivity index (χ4v) is 4.78. The van der Waals surface area contributed by atoms with Crippen molar-refractivity contribution in [1.29, 1.82) is 0 Å². The van der Waals surface area contributed by atoms with Gasteiger partial charge in [0.15, 0.2) is 0 Å². The summed E-state index contributed by atoms with van der Waals surface area (Å²) in [6.07, 6.45) is 0.496. The molecule has 176 valence electrons. The number of halogens is 3. The van der Waals surface area contributed by atoms with Gasteiger partial charge < -0.3 is 4.98 Å². The van der Waals surface area contributed by atoms with Gasteiger partial charge in [0, 0.05) is 34.3 Å². The molecule has 5 nitrogen and oxygen atoms in total. The van der Waals surface area contributed by atoms with E-state index in [0.29, 0.717) is 32.9 Å². The molecule has 1 aliphatic rings. The maximum atomic E-state index is 13.8. The summed E-state index contributed by atoms with van der Waals surface area (Å²) in [5.41, 5.74) is 3.38. The van der Waals surface area contributed by atoms with Crippen molar-refractivity contribution in [2.24, 2.45) is 5.10 Å². The number of aromatic amines is 1. The standard InChI is InChI=1S/C27H20Cl2FN3O2/c1-2-24(34)33-23(16-9-12-20(30)19(29)13-16)14-22(32-33)26-25(15-7-10-17(28)11-8-15)18-5-3-4-6-21(18)31-27(26)35/h3-13,23H,2,14H2,1H3,(H,31,35). The Hall–Kier alpha value is -3.48. The number of hydrogen-bond acceptors (Lipinski definition) is 3. The number of nitrogens with zero attached hydrogens (tertiary/aromatic N) is 2. The summed E-state index contributed by atoms with van der Waals surface area (Å²) in [7, 11) is 0. The topological polar surface area (TPSA) is 65.5 Å². The number of hydrazone groups is 1. The summed E-state index contributed by atoms with van der Waals surface area (Å²) in [5, 5.41) is 7.39. The van der Waals surface area contributed by atoms with Crippen molar-refractivity contribution in [1.82, 2.24) is 9.99 Å². The molecule has 8 heteroatoms. The summed E-state index contributed by atoms with van der Waals surface area (Å²) >= 11 is 12.2. The highest BCUT2D eigenvalue weighted by molar-refractivity contribution is 6.31. The number of para-hydroxylation sites is 1. The number of hydrogen-bond donors (Lipinski definition) is 1. The van der Waals surface area contributed by atoms with Gasteiger partial charge >= 0.3 is 0 Å². The summed E-state index contributed by atoms with van der Waals surface area (Å²) in [4.78, 5) is 29.2. The maximum absolute atomic E-state index is 13.8. The van der Waals surface area contributed by atoms with Crippen LogP contribution < -0.4 is 5.56 Å². The van der Waals surface area contributed by atoms with E-state index in [4.69, 9.17) is 23.2 Å². The van der Waals surface area contributed by atoms with Crippen molar-refractivity contribution >= 4 is 45.7 Å². The maximum Gasteiger partial charge on any atom is 0.258 e. The van der Waals surface area contributed by atoms with E-state index in [1.165, 1.54) is 17.1 Å². The van der Waals surface area contributed by atoms with E-state index in [9.17, 15) is 14.0 Å². The van der Waals surface area contributed by atoms with Crippen molar-refractivity contribution < 1.29 is 9.18 Å². The fourth-order valence-electron chi connectivity index (χ4n) is 4.47. The largest absolute Gasteiger partial charge is 0.321 e. The first-order valence-electron chi connectivity index (χ1n) is 11.1. The number of H-pyrrole nitrogens is 1. The first-order chi connectivity index (χ1) is 16.9. The van der Waals surface area contributed by atoms with Crippen LogP contribution in [-0.2, 0) is 4.79 Å². The van der Waals surface area contributed by atoms with Gasteiger partial charge in [0.1, 0.15) is 5.82 Å². The second-order valence-electron chi connectivity index (χ2n) is 8.29. The van der Waals surface area contributed by atoms with Crippen LogP contribution in [0.15, 0.2) is 76.6 Å². The predicted molar refractivity (Wildman–Crippen MR) is 137 cm³/mol. The summed E-state index contributed by atoms with van der Waals surface area (Å²) in [5.74, 6) is -0.755. The van der Waals surface area contributed by atoms with Crippen molar-refractivity contribution in [3.05, 3.63) is 104 Å². The van der Waals surface area contributed by atoms with Gasteiger partial charge in [0.2, 0.25) is 5.91 Å². The highest BCUT2D eigenvalue weighted by Crippen LogP contribution is 2.38. The van der Waals surface area contributed by atoms with Gasteiger partial charge in [-0.15, -0.1) is 0 Å². The van der Waals surface area contributed by atoms with Gasteiger partial charge in [-0.05, 0) is 41.5 Å². The van der Waals surface area contributed by atoms with Crippen molar-refractivity contribution in [3.63, 3.8) is 0 Å². The molecular formula is C27H20Cl2FN3O2. The van der Waals surface area contributed by atoms with Crippen LogP contribution >= 0.6 is 23.2 Å². The molecule has 3 aromatic carbocycles. The van der Waals surface area contributed by atoms with E-state index in [0.717, 1.165) is 10.9 Å². The van der Waals surface area contributed by atoms with Crippen LogP contribution in [0.4, 0.5) is 4.39 Å². The number of benzene rings is 3. The zero-order valence-corrected chi connectivity index (χ0v) is 20.2. The van der Waals surface area contributed by atoms with Gasteiger partial charge in [0.25, 0.3) is 5.56 Å². The highest BCUT2D eigenvalue weighted by atomic mass is 35.5. The molecule has 0 aliphatic carbocycles. The third-order valence-electron chi connectivity index (χ3n) is 6.14. The molecule has 0 spiro atoms. The summed E-state index contributed by atoms with van der Waals surface area (Å²) in [6.45, 7) is 1.74. The molecule has 2 heterocycles. The summed E-state index contributed by atoms with van der Waals surface area (Å²) in [6, 6.07) is 18.6. The molecule has 4 aromatic rings. The zero-order chi connectivity index (χ0) is 24.7. The van der Waals surface area contributed by atoms with Gasteiger partial charge in [-0.2, -0.15) is 5.10 Å². The molecule has 0 saturated carbocycles. The summed E-state index contributed by atoms with van der Waals surface area (Å²) < 4.78 is 13.8. The van der Waals surface area contributed by atoms with Crippen molar-refractivity contribution in [2.75, 3.05) is 0 Å². The van der Waals surface area contributed by atoms with Crippen LogP contribution in [0.3, 0.4) is 0 Å². The third kappa shape index (κ3) is 4.24. The Balaban J connectivity index is 1.72. The quantitative estimate of drug-likeness (QED) is 0.332. The number of pyridine rings is 1. The number of nitrogens with one attached hydrogen (secondary N) is 1. The lowest BCUT2D eigenvalue weighted by Gasteiger charge is -2.21. The lowest BCUT2D eigenvalue weighted by Crippen LogP contribution is -2.26. The van der Waals surface area contributed by atoms with E-state index in [1.54, 1.807) is 25.1 Å². The minimum atomic E-state index is -0.543. The molecule has 1 aromatic heterocycles. The molecule has 1 amide bonds. The number of fused-ring (bicyclic) bond motifs is 1. The zero-order valence-electron chi connectivity index (χ0n) is 18.7. The van der Waals surface area contributed by atoms with E-state index < -0.39 is 11.9 Å². The lowest BCUT2D eigenvalue weighted by atomic mass is 9.91. The average molecular weight is 508 g/mol. The lowest BCUT2D eigenvalue weighted by molar-refractivity contribution is -0.132. The first-order valence-corrected chi connectivity index (χ1v) is 11.9. The number of carbonyl (C=O) groups is 1. The number of rotatable bonds is 4. The second-order valence-corrected chi connectivity index (χ2v) is 9.13. The second kappa shape index (κ2) is 9.29.